The fourth-order valence-corrected chi connectivity index (χ4v) is 2.21. The molecule has 0 aromatic heterocycles. The van der Waals surface area contributed by atoms with Crippen molar-refractivity contribution in [2.24, 2.45) is 11.0 Å². The molecule has 2 aromatic carbocycles. The number of carbonyl (C=O) groups is 2. The van der Waals surface area contributed by atoms with Crippen molar-refractivity contribution in [3.63, 3.8) is 0 Å². The van der Waals surface area contributed by atoms with E-state index in [1.807, 2.05) is 0 Å². The molecule has 1 aliphatic carbocycles. The molecule has 8 nitrogen and oxygen atoms in total. The van der Waals surface area contributed by atoms with Crippen molar-refractivity contribution in [2.45, 2.75) is 12.8 Å². The number of anilines is 1. The SMILES string of the molecule is O=C(NN=Cc1ccc([N+](=O)[O-])cc1)c1ccc(NC(=O)C2CC2)cc1. The van der Waals surface area contributed by atoms with Crippen LogP contribution in [0.25, 0.3) is 0 Å². The number of nitro benzene ring substituents is 1. The first-order chi connectivity index (χ1) is 12.5. The summed E-state index contributed by atoms with van der Waals surface area (Å²) >= 11 is 0. The summed E-state index contributed by atoms with van der Waals surface area (Å²) in [4.78, 5) is 33.8. The highest BCUT2D eigenvalue weighted by atomic mass is 16.6. The average Bonchev–Trinajstić information content (AvgIpc) is 3.48. The Morgan fingerprint density at radius 3 is 2.31 bits per heavy atom. The molecule has 0 aliphatic heterocycles. The zero-order valence-corrected chi connectivity index (χ0v) is 13.7. The van der Waals surface area contributed by atoms with Crippen LogP contribution in [0.1, 0.15) is 28.8 Å². The Labute approximate surface area is 149 Å². The predicted molar refractivity (Wildman–Crippen MR) is 96.0 cm³/mol. The number of amides is 2. The zero-order valence-electron chi connectivity index (χ0n) is 13.7. The summed E-state index contributed by atoms with van der Waals surface area (Å²) in [6.07, 6.45) is 3.25. The Morgan fingerprint density at radius 1 is 1.08 bits per heavy atom. The molecule has 2 amide bonds. The fourth-order valence-electron chi connectivity index (χ4n) is 2.21. The van der Waals surface area contributed by atoms with E-state index in [-0.39, 0.29) is 17.5 Å². The molecule has 0 bridgehead atoms. The first kappa shape index (κ1) is 17.3. The van der Waals surface area contributed by atoms with Crippen molar-refractivity contribution >= 4 is 29.4 Å². The standard InChI is InChI=1S/C18H16N4O4/c23-17(13-3-4-13)20-15-7-5-14(6-8-15)18(24)21-19-11-12-1-9-16(10-2-12)22(25)26/h1-2,5-11,13H,3-4H2,(H,20,23)(H,21,24). The molecule has 132 valence electrons. The Balaban J connectivity index is 1.53. The third-order valence-corrected chi connectivity index (χ3v) is 3.85. The average molecular weight is 352 g/mol. The molecule has 0 saturated heterocycles. The lowest BCUT2D eigenvalue weighted by Crippen LogP contribution is -2.18. The first-order valence-corrected chi connectivity index (χ1v) is 8.02. The third kappa shape index (κ3) is 4.50. The molecular weight excluding hydrogens is 336 g/mol. The maximum Gasteiger partial charge on any atom is 0.271 e. The molecule has 1 saturated carbocycles. The Kier molecular flexibility index (Phi) is 5.02. The third-order valence-electron chi connectivity index (χ3n) is 3.85. The summed E-state index contributed by atoms with van der Waals surface area (Å²) < 4.78 is 0. The summed E-state index contributed by atoms with van der Waals surface area (Å²) in [5, 5.41) is 17.2. The van der Waals surface area contributed by atoms with Gasteiger partial charge in [-0.2, -0.15) is 5.10 Å². The molecule has 1 fully saturated rings. The van der Waals surface area contributed by atoms with Crippen LogP contribution < -0.4 is 10.7 Å². The van der Waals surface area contributed by atoms with Gasteiger partial charge in [0, 0.05) is 29.3 Å². The van der Waals surface area contributed by atoms with E-state index >= 15 is 0 Å². The van der Waals surface area contributed by atoms with Crippen LogP contribution in [-0.4, -0.2) is 23.0 Å². The minimum absolute atomic E-state index is 0.00917. The lowest BCUT2D eigenvalue weighted by molar-refractivity contribution is -0.384. The van der Waals surface area contributed by atoms with Crippen LogP contribution in [0.3, 0.4) is 0 Å². The topological polar surface area (TPSA) is 114 Å². The van der Waals surface area contributed by atoms with Crippen LogP contribution in [0, 0.1) is 16.0 Å². The van der Waals surface area contributed by atoms with Gasteiger partial charge in [-0.05, 0) is 54.8 Å². The number of rotatable bonds is 6. The molecule has 2 aromatic rings. The summed E-state index contributed by atoms with van der Waals surface area (Å²) in [6.45, 7) is 0. The second-order valence-electron chi connectivity index (χ2n) is 5.89. The van der Waals surface area contributed by atoms with Crippen LogP contribution in [0.2, 0.25) is 0 Å². The minimum Gasteiger partial charge on any atom is -0.326 e. The number of benzene rings is 2. The van der Waals surface area contributed by atoms with E-state index in [0.717, 1.165) is 12.8 Å². The molecule has 2 N–H and O–H groups in total. The van der Waals surface area contributed by atoms with Gasteiger partial charge in [-0.25, -0.2) is 5.43 Å². The highest BCUT2D eigenvalue weighted by Gasteiger charge is 2.29. The number of carbonyl (C=O) groups excluding carboxylic acids is 2. The smallest absolute Gasteiger partial charge is 0.271 e. The van der Waals surface area contributed by atoms with Gasteiger partial charge in [0.1, 0.15) is 0 Å². The van der Waals surface area contributed by atoms with Crippen molar-refractivity contribution in [3.05, 3.63) is 69.8 Å². The van der Waals surface area contributed by atoms with Gasteiger partial charge in [-0.15, -0.1) is 0 Å². The number of non-ortho nitro benzene ring substituents is 1. The van der Waals surface area contributed by atoms with Gasteiger partial charge < -0.3 is 5.32 Å². The van der Waals surface area contributed by atoms with Gasteiger partial charge in [0.2, 0.25) is 5.91 Å². The summed E-state index contributed by atoms with van der Waals surface area (Å²) in [7, 11) is 0. The van der Waals surface area contributed by atoms with Gasteiger partial charge in [0.25, 0.3) is 11.6 Å². The molecule has 0 radical (unpaired) electrons. The maximum absolute atomic E-state index is 12.0. The minimum atomic E-state index is -0.487. The monoisotopic (exact) mass is 352 g/mol. The van der Waals surface area contributed by atoms with Crippen LogP contribution in [0.15, 0.2) is 53.6 Å². The number of nitro groups is 1. The summed E-state index contributed by atoms with van der Waals surface area (Å²) in [6, 6.07) is 12.3. The number of hydrazone groups is 1. The Morgan fingerprint density at radius 2 is 1.73 bits per heavy atom. The lowest BCUT2D eigenvalue weighted by Gasteiger charge is -2.05. The maximum atomic E-state index is 12.0. The van der Waals surface area contributed by atoms with E-state index in [4.69, 9.17) is 0 Å². The van der Waals surface area contributed by atoms with Crippen LogP contribution in [-0.2, 0) is 4.79 Å². The van der Waals surface area contributed by atoms with Crippen molar-refractivity contribution in [1.82, 2.24) is 5.43 Å². The van der Waals surface area contributed by atoms with E-state index in [2.05, 4.69) is 15.8 Å². The second kappa shape index (κ2) is 7.56. The predicted octanol–water partition coefficient (Wildman–Crippen LogP) is 2.71. The molecule has 0 atom stereocenters. The Hall–Kier alpha value is -3.55. The summed E-state index contributed by atoms with van der Waals surface area (Å²) in [5.41, 5.74) is 4.03. The molecule has 8 heteroatoms. The van der Waals surface area contributed by atoms with Crippen molar-refractivity contribution < 1.29 is 14.5 Å². The number of hydrogen-bond donors (Lipinski definition) is 2. The van der Waals surface area contributed by atoms with Crippen molar-refractivity contribution in [1.29, 1.82) is 0 Å². The molecule has 0 spiro atoms. The van der Waals surface area contributed by atoms with Crippen molar-refractivity contribution in [2.75, 3.05) is 5.32 Å². The molecular formula is C18H16N4O4. The molecule has 26 heavy (non-hydrogen) atoms. The fraction of sp³-hybridized carbons (Fsp3) is 0.167. The number of nitrogens with one attached hydrogen (secondary N) is 2. The quantitative estimate of drug-likeness (QED) is 0.472. The van der Waals surface area contributed by atoms with E-state index in [9.17, 15) is 19.7 Å². The lowest BCUT2D eigenvalue weighted by atomic mass is 10.2. The first-order valence-electron chi connectivity index (χ1n) is 8.02. The van der Waals surface area contributed by atoms with Gasteiger partial charge in [0.05, 0.1) is 11.1 Å². The zero-order chi connectivity index (χ0) is 18.5. The van der Waals surface area contributed by atoms with E-state index < -0.39 is 10.8 Å². The molecule has 3 rings (SSSR count). The van der Waals surface area contributed by atoms with E-state index in [0.29, 0.717) is 16.8 Å². The molecule has 0 heterocycles. The molecule has 1 aliphatic rings. The van der Waals surface area contributed by atoms with Crippen LogP contribution in [0.5, 0.6) is 0 Å². The largest absolute Gasteiger partial charge is 0.326 e. The van der Waals surface area contributed by atoms with Crippen LogP contribution in [0.4, 0.5) is 11.4 Å². The van der Waals surface area contributed by atoms with Crippen LogP contribution >= 0.6 is 0 Å². The normalized spacial score (nSPS) is 13.4. The summed E-state index contributed by atoms with van der Waals surface area (Å²) in [5.74, 6) is -0.273. The second-order valence-corrected chi connectivity index (χ2v) is 5.89. The van der Waals surface area contributed by atoms with Gasteiger partial charge >= 0.3 is 0 Å². The van der Waals surface area contributed by atoms with E-state index in [1.54, 1.807) is 24.3 Å². The Bertz CT molecular complexity index is 856. The van der Waals surface area contributed by atoms with Crippen molar-refractivity contribution in [3.8, 4) is 0 Å². The van der Waals surface area contributed by atoms with Gasteiger partial charge in [0.15, 0.2) is 0 Å². The van der Waals surface area contributed by atoms with Gasteiger partial charge in [-0.1, -0.05) is 0 Å². The van der Waals surface area contributed by atoms with Gasteiger partial charge in [-0.3, -0.25) is 19.7 Å². The van der Waals surface area contributed by atoms with E-state index in [1.165, 1.54) is 30.5 Å². The highest BCUT2D eigenvalue weighted by molar-refractivity contribution is 5.97. The number of hydrogen-bond acceptors (Lipinski definition) is 5. The highest BCUT2D eigenvalue weighted by Crippen LogP contribution is 2.30. The number of nitrogens with zero attached hydrogens (tertiary/aromatic N) is 2. The molecule has 0 unspecified atom stereocenters.